The summed E-state index contributed by atoms with van der Waals surface area (Å²) in [5.74, 6) is -0.108. The van der Waals surface area contributed by atoms with E-state index in [-0.39, 0.29) is 16.5 Å². The molecule has 0 spiro atoms. The van der Waals surface area contributed by atoms with E-state index in [0.717, 1.165) is 0 Å². The van der Waals surface area contributed by atoms with Gasteiger partial charge in [-0.3, -0.25) is 0 Å². The van der Waals surface area contributed by atoms with Crippen molar-refractivity contribution in [2.24, 2.45) is 5.92 Å². The zero-order valence-electron chi connectivity index (χ0n) is 8.18. The fourth-order valence-electron chi connectivity index (χ4n) is 0.983. The van der Waals surface area contributed by atoms with Gasteiger partial charge in [-0.15, -0.1) is 0 Å². The number of halogens is 2. The number of nitrogens with two attached hydrogens (primary N) is 1. The van der Waals surface area contributed by atoms with Crippen LogP contribution < -0.4 is 10.5 Å². The van der Waals surface area contributed by atoms with E-state index in [1.807, 2.05) is 13.8 Å². The van der Waals surface area contributed by atoms with Gasteiger partial charge in [-0.25, -0.2) is 4.39 Å². The second kappa shape index (κ2) is 4.51. The highest BCUT2D eigenvalue weighted by atomic mass is 35.5. The van der Waals surface area contributed by atoms with Crippen molar-refractivity contribution in [2.45, 2.75) is 13.8 Å². The highest BCUT2D eigenvalue weighted by Crippen LogP contribution is 2.29. The van der Waals surface area contributed by atoms with Crippen LogP contribution in [0.1, 0.15) is 13.8 Å². The molecule has 0 amide bonds. The molecule has 78 valence electrons. The molecule has 0 saturated heterocycles. The van der Waals surface area contributed by atoms with Crippen molar-refractivity contribution in [1.29, 1.82) is 0 Å². The second-order valence-corrected chi connectivity index (χ2v) is 3.95. The molecule has 1 aromatic carbocycles. The van der Waals surface area contributed by atoms with Crippen LogP contribution in [-0.2, 0) is 0 Å². The molecule has 1 rings (SSSR count). The third-order valence-electron chi connectivity index (χ3n) is 1.60. The maximum atomic E-state index is 13.3. The molecule has 0 radical (unpaired) electrons. The molecule has 1 aromatic rings. The summed E-state index contributed by atoms with van der Waals surface area (Å²) < 4.78 is 18.5. The van der Waals surface area contributed by atoms with Crippen LogP contribution in [0.4, 0.5) is 10.1 Å². The summed E-state index contributed by atoms with van der Waals surface area (Å²) in [4.78, 5) is 0. The lowest BCUT2D eigenvalue weighted by molar-refractivity contribution is 0.261. The van der Waals surface area contributed by atoms with Gasteiger partial charge in [0.1, 0.15) is 0 Å². The largest absolute Gasteiger partial charge is 0.488 e. The van der Waals surface area contributed by atoms with E-state index < -0.39 is 5.82 Å². The lowest BCUT2D eigenvalue weighted by atomic mass is 10.2. The Labute approximate surface area is 87.8 Å². The third-order valence-corrected chi connectivity index (χ3v) is 1.82. The van der Waals surface area contributed by atoms with E-state index >= 15 is 0 Å². The van der Waals surface area contributed by atoms with E-state index in [2.05, 4.69) is 0 Å². The molecule has 2 nitrogen and oxygen atoms in total. The molecule has 0 unspecified atom stereocenters. The van der Waals surface area contributed by atoms with E-state index in [1.165, 1.54) is 12.1 Å². The fourth-order valence-corrected chi connectivity index (χ4v) is 1.20. The van der Waals surface area contributed by atoms with E-state index in [1.54, 1.807) is 0 Å². The van der Waals surface area contributed by atoms with Gasteiger partial charge in [-0.2, -0.15) is 0 Å². The fraction of sp³-hybridized carbons (Fsp3) is 0.400. The van der Waals surface area contributed by atoms with Gasteiger partial charge in [-0.05, 0) is 18.1 Å². The number of nitrogen functional groups attached to an aromatic ring is 1. The molecule has 2 N–H and O–H groups in total. The van der Waals surface area contributed by atoms with Gasteiger partial charge in [0, 0.05) is 5.02 Å². The summed E-state index contributed by atoms with van der Waals surface area (Å²) in [6.45, 7) is 4.39. The number of anilines is 1. The quantitative estimate of drug-likeness (QED) is 0.790. The molecule has 0 bridgehead atoms. The summed E-state index contributed by atoms with van der Waals surface area (Å²) in [6, 6.07) is 2.66. The Balaban J connectivity index is 2.86. The predicted molar refractivity (Wildman–Crippen MR) is 56.2 cm³/mol. The zero-order chi connectivity index (χ0) is 10.7. The van der Waals surface area contributed by atoms with Crippen molar-refractivity contribution in [3.63, 3.8) is 0 Å². The van der Waals surface area contributed by atoms with Crippen LogP contribution in [0.3, 0.4) is 0 Å². The number of hydrogen-bond donors (Lipinski definition) is 1. The molecule has 0 saturated carbocycles. The Bertz CT molecular complexity index is 305. The zero-order valence-corrected chi connectivity index (χ0v) is 8.94. The van der Waals surface area contributed by atoms with Gasteiger partial charge >= 0.3 is 0 Å². The SMILES string of the molecule is CC(C)COc1c(N)cc(Cl)cc1F. The first-order valence-corrected chi connectivity index (χ1v) is 4.76. The first kappa shape index (κ1) is 11.1. The van der Waals surface area contributed by atoms with Crippen LogP contribution in [0, 0.1) is 11.7 Å². The van der Waals surface area contributed by atoms with Crippen molar-refractivity contribution < 1.29 is 9.13 Å². The minimum absolute atomic E-state index is 0.0862. The second-order valence-electron chi connectivity index (χ2n) is 3.51. The third kappa shape index (κ3) is 2.77. The van der Waals surface area contributed by atoms with Crippen molar-refractivity contribution in [3.8, 4) is 5.75 Å². The molecule has 14 heavy (non-hydrogen) atoms. The van der Waals surface area contributed by atoms with Gasteiger partial charge < -0.3 is 10.5 Å². The maximum Gasteiger partial charge on any atom is 0.177 e. The summed E-state index contributed by atoms with van der Waals surface area (Å²) in [5.41, 5.74) is 5.79. The van der Waals surface area contributed by atoms with Gasteiger partial charge in [0.15, 0.2) is 11.6 Å². The molecule has 0 aliphatic rings. The molecule has 0 aliphatic heterocycles. The lowest BCUT2D eigenvalue weighted by Gasteiger charge is -2.11. The highest BCUT2D eigenvalue weighted by molar-refractivity contribution is 6.30. The Morgan fingerprint density at radius 1 is 1.50 bits per heavy atom. The average Bonchev–Trinajstić information content (AvgIpc) is 2.01. The molecular formula is C10H13ClFNO. The number of benzene rings is 1. The van der Waals surface area contributed by atoms with Gasteiger partial charge in [0.2, 0.25) is 0 Å². The van der Waals surface area contributed by atoms with E-state index in [0.29, 0.717) is 12.5 Å². The van der Waals surface area contributed by atoms with Gasteiger partial charge in [0.05, 0.1) is 12.3 Å². The van der Waals surface area contributed by atoms with Crippen molar-refractivity contribution in [1.82, 2.24) is 0 Å². The van der Waals surface area contributed by atoms with Crippen molar-refractivity contribution >= 4 is 17.3 Å². The first-order chi connectivity index (χ1) is 6.50. The van der Waals surface area contributed by atoms with Crippen LogP contribution in [0.5, 0.6) is 5.75 Å². The Kier molecular flexibility index (Phi) is 3.58. The Morgan fingerprint density at radius 2 is 2.14 bits per heavy atom. The standard InChI is InChI=1S/C10H13ClFNO/c1-6(2)5-14-10-8(12)3-7(11)4-9(10)13/h3-4,6H,5,13H2,1-2H3. The van der Waals surface area contributed by atoms with Crippen LogP contribution in [0.15, 0.2) is 12.1 Å². The van der Waals surface area contributed by atoms with E-state index in [9.17, 15) is 4.39 Å². The molecule has 0 fully saturated rings. The smallest absolute Gasteiger partial charge is 0.177 e. The van der Waals surface area contributed by atoms with E-state index in [4.69, 9.17) is 22.1 Å². The van der Waals surface area contributed by atoms with Crippen LogP contribution in [0.2, 0.25) is 5.02 Å². The topological polar surface area (TPSA) is 35.2 Å². The highest BCUT2D eigenvalue weighted by Gasteiger charge is 2.10. The summed E-state index contributed by atoms with van der Waals surface area (Å²) in [7, 11) is 0. The number of ether oxygens (including phenoxy) is 1. The molecule has 0 atom stereocenters. The maximum absolute atomic E-state index is 13.3. The summed E-state index contributed by atoms with van der Waals surface area (Å²) >= 11 is 5.61. The minimum Gasteiger partial charge on any atom is -0.488 e. The Hall–Kier alpha value is -0.960. The first-order valence-electron chi connectivity index (χ1n) is 4.38. The monoisotopic (exact) mass is 217 g/mol. The lowest BCUT2D eigenvalue weighted by Crippen LogP contribution is -2.07. The van der Waals surface area contributed by atoms with Crippen LogP contribution in [0.25, 0.3) is 0 Å². The van der Waals surface area contributed by atoms with Crippen LogP contribution >= 0.6 is 11.6 Å². The predicted octanol–water partition coefficient (Wildman–Crippen LogP) is 3.10. The minimum atomic E-state index is -0.518. The average molecular weight is 218 g/mol. The van der Waals surface area contributed by atoms with Crippen LogP contribution in [-0.4, -0.2) is 6.61 Å². The van der Waals surface area contributed by atoms with Crippen molar-refractivity contribution in [2.75, 3.05) is 12.3 Å². The normalized spacial score (nSPS) is 10.6. The summed E-state index contributed by atoms with van der Waals surface area (Å²) in [5, 5.41) is 0.275. The molecule has 0 aliphatic carbocycles. The van der Waals surface area contributed by atoms with Gasteiger partial charge in [-0.1, -0.05) is 25.4 Å². The molecule has 0 heterocycles. The molecule has 0 aromatic heterocycles. The Morgan fingerprint density at radius 3 is 2.64 bits per heavy atom. The van der Waals surface area contributed by atoms with Gasteiger partial charge in [0.25, 0.3) is 0 Å². The van der Waals surface area contributed by atoms with Crippen molar-refractivity contribution in [3.05, 3.63) is 23.0 Å². The molecule has 4 heteroatoms. The number of hydrogen-bond acceptors (Lipinski definition) is 2. The number of rotatable bonds is 3. The summed E-state index contributed by atoms with van der Waals surface area (Å²) in [6.07, 6.45) is 0. The molecular weight excluding hydrogens is 205 g/mol.